The summed E-state index contributed by atoms with van der Waals surface area (Å²) >= 11 is 12.0. The van der Waals surface area contributed by atoms with Gasteiger partial charge in [-0.05, 0) is 36.6 Å². The molecule has 0 saturated heterocycles. The Balaban J connectivity index is 2.24. The Hall–Kier alpha value is -2.11. The standard InChI is InChI=1S/C22H25Cl2FN2O2/c1-14(2)12-26-22(29)15(3)27(13-17-6-4-5-7-20(17)25)21(28)11-16-8-9-18(23)19(24)10-16/h4-10,14-15H,11-13H2,1-3H3,(H,26,29). The van der Waals surface area contributed by atoms with E-state index in [9.17, 15) is 14.0 Å². The second-order valence-electron chi connectivity index (χ2n) is 7.35. The first-order valence-corrected chi connectivity index (χ1v) is 10.2. The number of halogens is 3. The molecule has 0 aliphatic rings. The van der Waals surface area contributed by atoms with Crippen molar-refractivity contribution in [2.24, 2.45) is 5.92 Å². The molecule has 0 aliphatic carbocycles. The minimum Gasteiger partial charge on any atom is -0.354 e. The van der Waals surface area contributed by atoms with Crippen LogP contribution in [0.25, 0.3) is 0 Å². The highest BCUT2D eigenvalue weighted by Crippen LogP contribution is 2.23. The van der Waals surface area contributed by atoms with Gasteiger partial charge in [-0.15, -0.1) is 0 Å². The summed E-state index contributed by atoms with van der Waals surface area (Å²) in [5, 5.41) is 3.58. The van der Waals surface area contributed by atoms with E-state index >= 15 is 0 Å². The number of carbonyl (C=O) groups is 2. The summed E-state index contributed by atoms with van der Waals surface area (Å²) < 4.78 is 14.2. The molecule has 0 saturated carbocycles. The molecule has 0 spiro atoms. The van der Waals surface area contributed by atoms with Gasteiger partial charge >= 0.3 is 0 Å². The molecule has 4 nitrogen and oxygen atoms in total. The monoisotopic (exact) mass is 438 g/mol. The van der Waals surface area contributed by atoms with Crippen LogP contribution < -0.4 is 5.32 Å². The zero-order valence-corrected chi connectivity index (χ0v) is 18.2. The van der Waals surface area contributed by atoms with Crippen molar-refractivity contribution in [1.29, 1.82) is 0 Å². The first-order chi connectivity index (χ1) is 13.7. The Morgan fingerprint density at radius 1 is 1.07 bits per heavy atom. The van der Waals surface area contributed by atoms with Crippen LogP contribution in [0.3, 0.4) is 0 Å². The lowest BCUT2D eigenvalue weighted by atomic mass is 10.1. The molecular weight excluding hydrogens is 414 g/mol. The van der Waals surface area contributed by atoms with E-state index in [1.807, 2.05) is 13.8 Å². The molecule has 1 atom stereocenters. The molecule has 0 aromatic heterocycles. The maximum atomic E-state index is 14.2. The molecule has 0 radical (unpaired) electrons. The van der Waals surface area contributed by atoms with E-state index in [1.54, 1.807) is 43.3 Å². The second-order valence-corrected chi connectivity index (χ2v) is 8.17. The normalized spacial score (nSPS) is 12.0. The lowest BCUT2D eigenvalue weighted by molar-refractivity contribution is -0.140. The zero-order valence-electron chi connectivity index (χ0n) is 16.7. The maximum Gasteiger partial charge on any atom is 0.242 e. The van der Waals surface area contributed by atoms with Gasteiger partial charge in [0.2, 0.25) is 11.8 Å². The molecule has 0 heterocycles. The average Bonchev–Trinajstić information content (AvgIpc) is 2.67. The lowest BCUT2D eigenvalue weighted by Gasteiger charge is -2.29. The number of nitrogens with one attached hydrogen (secondary N) is 1. The molecule has 0 aliphatic heterocycles. The Morgan fingerprint density at radius 3 is 2.38 bits per heavy atom. The van der Waals surface area contributed by atoms with Crippen LogP contribution >= 0.6 is 23.2 Å². The third-order valence-electron chi connectivity index (χ3n) is 4.49. The molecule has 29 heavy (non-hydrogen) atoms. The Kier molecular flexibility index (Phi) is 8.47. The number of carbonyl (C=O) groups excluding carboxylic acids is 2. The third-order valence-corrected chi connectivity index (χ3v) is 5.23. The van der Waals surface area contributed by atoms with Crippen LogP contribution in [0.2, 0.25) is 10.0 Å². The molecule has 0 bridgehead atoms. The number of benzene rings is 2. The van der Waals surface area contributed by atoms with E-state index in [-0.39, 0.29) is 30.7 Å². The summed E-state index contributed by atoms with van der Waals surface area (Å²) in [4.78, 5) is 27.0. The fourth-order valence-corrected chi connectivity index (χ4v) is 3.09. The van der Waals surface area contributed by atoms with Crippen molar-refractivity contribution < 1.29 is 14.0 Å². The van der Waals surface area contributed by atoms with Crippen LogP contribution in [0.15, 0.2) is 42.5 Å². The fraction of sp³-hybridized carbons (Fsp3) is 0.364. The molecule has 1 unspecified atom stereocenters. The molecular formula is C22H25Cl2FN2O2. The zero-order chi connectivity index (χ0) is 21.6. The van der Waals surface area contributed by atoms with Gasteiger partial charge in [0.1, 0.15) is 11.9 Å². The van der Waals surface area contributed by atoms with Gasteiger partial charge in [0.15, 0.2) is 0 Å². The molecule has 2 amide bonds. The topological polar surface area (TPSA) is 49.4 Å². The SMILES string of the molecule is CC(C)CNC(=O)C(C)N(Cc1ccccc1F)C(=O)Cc1ccc(Cl)c(Cl)c1. The maximum absolute atomic E-state index is 14.2. The highest BCUT2D eigenvalue weighted by Gasteiger charge is 2.27. The van der Waals surface area contributed by atoms with Gasteiger partial charge in [0.05, 0.1) is 16.5 Å². The van der Waals surface area contributed by atoms with Gasteiger partial charge in [-0.1, -0.05) is 61.3 Å². The Bertz CT molecular complexity index is 874. The highest BCUT2D eigenvalue weighted by molar-refractivity contribution is 6.42. The first-order valence-electron chi connectivity index (χ1n) is 9.43. The van der Waals surface area contributed by atoms with Crippen LogP contribution in [-0.4, -0.2) is 29.3 Å². The van der Waals surface area contributed by atoms with E-state index in [4.69, 9.17) is 23.2 Å². The summed E-state index contributed by atoms with van der Waals surface area (Å²) in [5.41, 5.74) is 1.01. The largest absolute Gasteiger partial charge is 0.354 e. The van der Waals surface area contributed by atoms with E-state index in [0.717, 1.165) is 0 Å². The van der Waals surface area contributed by atoms with E-state index in [1.165, 1.54) is 11.0 Å². The van der Waals surface area contributed by atoms with Gasteiger partial charge in [-0.3, -0.25) is 9.59 Å². The Labute approximate surface area is 181 Å². The summed E-state index contributed by atoms with van der Waals surface area (Å²) in [6.45, 7) is 6.10. The molecule has 2 rings (SSSR count). The lowest BCUT2D eigenvalue weighted by Crippen LogP contribution is -2.48. The van der Waals surface area contributed by atoms with E-state index in [0.29, 0.717) is 27.7 Å². The predicted molar refractivity (Wildman–Crippen MR) is 114 cm³/mol. The van der Waals surface area contributed by atoms with Crippen molar-refractivity contribution in [3.05, 3.63) is 69.5 Å². The van der Waals surface area contributed by atoms with Crippen LogP contribution in [0.1, 0.15) is 31.9 Å². The Morgan fingerprint density at radius 2 is 1.76 bits per heavy atom. The van der Waals surface area contributed by atoms with Crippen molar-refractivity contribution in [3.63, 3.8) is 0 Å². The number of hydrogen-bond acceptors (Lipinski definition) is 2. The molecule has 7 heteroatoms. The minimum atomic E-state index is -0.761. The van der Waals surface area contributed by atoms with E-state index < -0.39 is 11.9 Å². The van der Waals surface area contributed by atoms with Crippen LogP contribution in [-0.2, 0) is 22.6 Å². The average molecular weight is 439 g/mol. The van der Waals surface area contributed by atoms with Crippen molar-refractivity contribution in [3.8, 4) is 0 Å². The molecule has 0 fully saturated rings. The van der Waals surface area contributed by atoms with Gasteiger partial charge in [-0.2, -0.15) is 0 Å². The summed E-state index contributed by atoms with van der Waals surface area (Å²) in [6.07, 6.45) is 0.0210. The summed E-state index contributed by atoms with van der Waals surface area (Å²) in [7, 11) is 0. The number of hydrogen-bond donors (Lipinski definition) is 1. The van der Waals surface area contributed by atoms with Crippen LogP contribution in [0.4, 0.5) is 4.39 Å². The number of nitrogens with zero attached hydrogens (tertiary/aromatic N) is 1. The van der Waals surface area contributed by atoms with Crippen molar-refractivity contribution in [2.45, 2.75) is 39.8 Å². The third kappa shape index (κ3) is 6.72. The van der Waals surface area contributed by atoms with E-state index in [2.05, 4.69) is 5.32 Å². The van der Waals surface area contributed by atoms with Gasteiger partial charge in [0, 0.05) is 18.7 Å². The highest BCUT2D eigenvalue weighted by atomic mass is 35.5. The van der Waals surface area contributed by atoms with Gasteiger partial charge < -0.3 is 10.2 Å². The van der Waals surface area contributed by atoms with Crippen molar-refractivity contribution in [2.75, 3.05) is 6.54 Å². The minimum absolute atomic E-state index is 0.0108. The smallest absolute Gasteiger partial charge is 0.242 e. The number of amides is 2. The number of rotatable bonds is 8. The molecule has 2 aromatic carbocycles. The molecule has 2 aromatic rings. The van der Waals surface area contributed by atoms with Crippen molar-refractivity contribution >= 4 is 35.0 Å². The second kappa shape index (κ2) is 10.6. The molecule has 1 N–H and O–H groups in total. The quantitative estimate of drug-likeness (QED) is 0.639. The first kappa shape index (κ1) is 23.2. The van der Waals surface area contributed by atoms with Gasteiger partial charge in [-0.25, -0.2) is 4.39 Å². The van der Waals surface area contributed by atoms with Crippen molar-refractivity contribution in [1.82, 2.24) is 10.2 Å². The van der Waals surface area contributed by atoms with Crippen LogP contribution in [0.5, 0.6) is 0 Å². The molecule has 156 valence electrons. The fourth-order valence-electron chi connectivity index (χ4n) is 2.77. The summed E-state index contributed by atoms with van der Waals surface area (Å²) in [6, 6.07) is 10.4. The summed E-state index contributed by atoms with van der Waals surface area (Å²) in [5.74, 6) is -0.732. The predicted octanol–water partition coefficient (Wildman–Crippen LogP) is 4.86. The van der Waals surface area contributed by atoms with Crippen LogP contribution in [0, 0.1) is 11.7 Å². The van der Waals surface area contributed by atoms with Gasteiger partial charge in [0.25, 0.3) is 0 Å².